The summed E-state index contributed by atoms with van der Waals surface area (Å²) in [6.45, 7) is 6.71. The number of amides is 1. The van der Waals surface area contributed by atoms with Crippen molar-refractivity contribution in [2.24, 2.45) is 5.92 Å². The van der Waals surface area contributed by atoms with E-state index in [4.69, 9.17) is 0 Å². The highest BCUT2D eigenvalue weighted by Crippen LogP contribution is 2.34. The van der Waals surface area contributed by atoms with Crippen molar-refractivity contribution in [3.63, 3.8) is 0 Å². The standard InChI is InChI=1S/C16H24N2O3S2/c1-4-6-9-18(5-2)23(20,21)13-7-8-15-14(10-13)17-16(19)12(3)11-22-15/h7-8,10,12H,4-6,9,11H2,1-3H3,(H,17,19). The average molecular weight is 357 g/mol. The van der Waals surface area contributed by atoms with E-state index in [-0.39, 0.29) is 16.7 Å². The normalized spacial score (nSPS) is 18.4. The molecular formula is C16H24N2O3S2. The van der Waals surface area contributed by atoms with E-state index in [0.29, 0.717) is 24.5 Å². The zero-order valence-corrected chi connectivity index (χ0v) is 15.5. The minimum Gasteiger partial charge on any atom is -0.325 e. The molecule has 1 aromatic carbocycles. The fourth-order valence-corrected chi connectivity index (χ4v) is 4.90. The van der Waals surface area contributed by atoms with Gasteiger partial charge in [-0.1, -0.05) is 27.2 Å². The zero-order chi connectivity index (χ0) is 17.0. The number of hydrogen-bond donors (Lipinski definition) is 1. The van der Waals surface area contributed by atoms with Gasteiger partial charge in [0.25, 0.3) is 0 Å². The molecule has 1 amide bonds. The molecule has 23 heavy (non-hydrogen) atoms. The summed E-state index contributed by atoms with van der Waals surface area (Å²) in [5.74, 6) is 0.538. The molecule has 1 aromatic rings. The van der Waals surface area contributed by atoms with Crippen molar-refractivity contribution < 1.29 is 13.2 Å². The number of unbranched alkanes of at least 4 members (excludes halogenated alkanes) is 1. The van der Waals surface area contributed by atoms with Crippen LogP contribution in [0.3, 0.4) is 0 Å². The van der Waals surface area contributed by atoms with Crippen LogP contribution in [-0.2, 0) is 14.8 Å². The summed E-state index contributed by atoms with van der Waals surface area (Å²) in [6, 6.07) is 5.01. The van der Waals surface area contributed by atoms with E-state index in [1.807, 2.05) is 20.8 Å². The number of carbonyl (C=O) groups is 1. The van der Waals surface area contributed by atoms with Gasteiger partial charge in [0.05, 0.1) is 10.6 Å². The van der Waals surface area contributed by atoms with Crippen molar-refractivity contribution in [1.29, 1.82) is 0 Å². The summed E-state index contributed by atoms with van der Waals surface area (Å²) < 4.78 is 27.1. The number of nitrogens with zero attached hydrogens (tertiary/aromatic N) is 1. The molecule has 1 aliphatic rings. The van der Waals surface area contributed by atoms with E-state index in [1.165, 1.54) is 4.31 Å². The second kappa shape index (κ2) is 7.68. The number of anilines is 1. The number of thioether (sulfide) groups is 1. The number of hydrogen-bond acceptors (Lipinski definition) is 4. The molecule has 5 nitrogen and oxygen atoms in total. The fourth-order valence-electron chi connectivity index (χ4n) is 2.37. The van der Waals surface area contributed by atoms with Gasteiger partial charge in [0, 0.05) is 29.7 Å². The highest BCUT2D eigenvalue weighted by molar-refractivity contribution is 7.99. The van der Waals surface area contributed by atoms with Gasteiger partial charge >= 0.3 is 0 Å². The van der Waals surface area contributed by atoms with Crippen LogP contribution in [0.4, 0.5) is 5.69 Å². The van der Waals surface area contributed by atoms with Gasteiger partial charge in [0.2, 0.25) is 15.9 Å². The monoisotopic (exact) mass is 356 g/mol. The lowest BCUT2D eigenvalue weighted by Crippen LogP contribution is -2.32. The summed E-state index contributed by atoms with van der Waals surface area (Å²) in [5, 5.41) is 2.84. The molecule has 0 radical (unpaired) electrons. The fraction of sp³-hybridized carbons (Fsp3) is 0.562. The Morgan fingerprint density at radius 1 is 1.35 bits per heavy atom. The van der Waals surface area contributed by atoms with Gasteiger partial charge < -0.3 is 5.32 Å². The first-order valence-corrected chi connectivity index (χ1v) is 10.4. The SMILES string of the molecule is CCCCN(CC)S(=O)(=O)c1ccc2c(c1)NC(=O)C(C)CS2. The van der Waals surface area contributed by atoms with Crippen LogP contribution in [0.2, 0.25) is 0 Å². The van der Waals surface area contributed by atoms with Gasteiger partial charge in [-0.15, -0.1) is 11.8 Å². The molecule has 1 heterocycles. The van der Waals surface area contributed by atoms with Crippen LogP contribution in [0.25, 0.3) is 0 Å². The van der Waals surface area contributed by atoms with Crippen LogP contribution >= 0.6 is 11.8 Å². The molecule has 128 valence electrons. The molecule has 2 rings (SSSR count). The minimum absolute atomic E-state index is 0.0656. The first-order valence-electron chi connectivity index (χ1n) is 7.98. The molecular weight excluding hydrogens is 332 g/mol. The van der Waals surface area contributed by atoms with Gasteiger partial charge in [-0.3, -0.25) is 4.79 Å². The van der Waals surface area contributed by atoms with Crippen molar-refractivity contribution in [3.8, 4) is 0 Å². The van der Waals surface area contributed by atoms with E-state index >= 15 is 0 Å². The Morgan fingerprint density at radius 3 is 2.74 bits per heavy atom. The number of rotatable bonds is 6. The maximum absolute atomic E-state index is 12.8. The molecule has 0 bridgehead atoms. The predicted octanol–water partition coefficient (Wildman–Crippen LogP) is 3.18. The molecule has 1 atom stereocenters. The maximum Gasteiger partial charge on any atom is 0.243 e. The number of carbonyl (C=O) groups excluding carboxylic acids is 1. The van der Waals surface area contributed by atoms with Crippen molar-refractivity contribution in [2.75, 3.05) is 24.2 Å². The zero-order valence-electron chi connectivity index (χ0n) is 13.8. The lowest BCUT2D eigenvalue weighted by Gasteiger charge is -2.21. The molecule has 1 N–H and O–H groups in total. The topological polar surface area (TPSA) is 66.5 Å². The lowest BCUT2D eigenvalue weighted by atomic mass is 10.2. The van der Waals surface area contributed by atoms with E-state index in [1.54, 1.807) is 30.0 Å². The number of benzene rings is 1. The highest BCUT2D eigenvalue weighted by atomic mass is 32.2. The molecule has 1 aliphatic heterocycles. The molecule has 0 saturated carbocycles. The van der Waals surface area contributed by atoms with Gasteiger partial charge in [-0.25, -0.2) is 8.42 Å². The second-order valence-electron chi connectivity index (χ2n) is 5.71. The molecule has 1 unspecified atom stereocenters. The molecule has 0 aromatic heterocycles. The van der Waals surface area contributed by atoms with E-state index in [2.05, 4.69) is 5.32 Å². The maximum atomic E-state index is 12.8. The van der Waals surface area contributed by atoms with Crippen LogP contribution in [0.5, 0.6) is 0 Å². The molecule has 0 fully saturated rings. The number of sulfonamides is 1. The minimum atomic E-state index is -3.53. The first kappa shape index (κ1) is 18.3. The highest BCUT2D eigenvalue weighted by Gasteiger charge is 2.26. The Labute approximate surface area is 142 Å². The molecule has 7 heteroatoms. The Morgan fingerprint density at radius 2 is 2.09 bits per heavy atom. The predicted molar refractivity (Wildman–Crippen MR) is 94.3 cm³/mol. The first-order chi connectivity index (χ1) is 10.9. The third-order valence-corrected chi connectivity index (χ3v) is 7.20. The third-order valence-electron chi connectivity index (χ3n) is 3.90. The second-order valence-corrected chi connectivity index (χ2v) is 8.71. The van der Waals surface area contributed by atoms with Gasteiger partial charge in [-0.05, 0) is 24.6 Å². The largest absolute Gasteiger partial charge is 0.325 e. The summed E-state index contributed by atoms with van der Waals surface area (Å²) in [6.07, 6.45) is 1.78. The van der Waals surface area contributed by atoms with Gasteiger partial charge in [0.1, 0.15) is 0 Å². The lowest BCUT2D eigenvalue weighted by molar-refractivity contribution is -0.118. The van der Waals surface area contributed by atoms with Crippen molar-refractivity contribution in [2.45, 2.75) is 43.4 Å². The van der Waals surface area contributed by atoms with Crippen LogP contribution in [0, 0.1) is 5.92 Å². The summed E-state index contributed by atoms with van der Waals surface area (Å²) in [5.41, 5.74) is 0.594. The Kier molecular flexibility index (Phi) is 6.11. The summed E-state index contributed by atoms with van der Waals surface area (Å²) in [4.78, 5) is 13.1. The van der Waals surface area contributed by atoms with Crippen LogP contribution in [-0.4, -0.2) is 37.5 Å². The van der Waals surface area contributed by atoms with Crippen molar-refractivity contribution >= 4 is 33.4 Å². The third kappa shape index (κ3) is 4.08. The van der Waals surface area contributed by atoms with Gasteiger partial charge in [-0.2, -0.15) is 4.31 Å². The van der Waals surface area contributed by atoms with Crippen molar-refractivity contribution in [1.82, 2.24) is 4.31 Å². The summed E-state index contributed by atoms with van der Waals surface area (Å²) in [7, 11) is -3.53. The molecule has 0 aliphatic carbocycles. The van der Waals surface area contributed by atoms with E-state index in [0.717, 1.165) is 17.7 Å². The Bertz CT molecular complexity index is 674. The summed E-state index contributed by atoms with van der Waals surface area (Å²) >= 11 is 1.58. The number of fused-ring (bicyclic) bond motifs is 1. The smallest absolute Gasteiger partial charge is 0.243 e. The quantitative estimate of drug-likeness (QED) is 0.850. The Hall–Kier alpha value is -1.05. The average Bonchev–Trinajstić information content (AvgIpc) is 2.66. The number of nitrogens with one attached hydrogen (secondary N) is 1. The molecule has 0 spiro atoms. The van der Waals surface area contributed by atoms with E-state index in [9.17, 15) is 13.2 Å². The van der Waals surface area contributed by atoms with Gasteiger partial charge in [0.15, 0.2) is 0 Å². The molecule has 0 saturated heterocycles. The van der Waals surface area contributed by atoms with Crippen molar-refractivity contribution in [3.05, 3.63) is 18.2 Å². The Balaban J connectivity index is 2.34. The van der Waals surface area contributed by atoms with E-state index < -0.39 is 10.0 Å². The van der Waals surface area contributed by atoms with Crippen LogP contribution in [0.15, 0.2) is 28.0 Å². The van der Waals surface area contributed by atoms with Crippen LogP contribution in [0.1, 0.15) is 33.6 Å². The van der Waals surface area contributed by atoms with Crippen LogP contribution < -0.4 is 5.32 Å².